The summed E-state index contributed by atoms with van der Waals surface area (Å²) >= 11 is 2.73. The molecule has 2 atom stereocenters. The number of rotatable bonds is 8. The third-order valence-corrected chi connectivity index (χ3v) is 13.8. The number of hydrogen-bond donors (Lipinski definition) is 2. The van der Waals surface area contributed by atoms with Gasteiger partial charge in [0.15, 0.2) is 34.6 Å². The van der Waals surface area contributed by atoms with Gasteiger partial charge in [-0.1, -0.05) is 23.7 Å². The van der Waals surface area contributed by atoms with Crippen LogP contribution in [0.5, 0.6) is 34.5 Å². The van der Waals surface area contributed by atoms with Gasteiger partial charge < -0.3 is 87.0 Å². The summed E-state index contributed by atoms with van der Waals surface area (Å²) in [5, 5.41) is 19.6. The number of benzene rings is 2. The van der Waals surface area contributed by atoms with Crippen molar-refractivity contribution in [3.8, 4) is 58.2 Å². The van der Waals surface area contributed by atoms with Crippen molar-refractivity contribution in [2.45, 2.75) is 76.7 Å². The van der Waals surface area contributed by atoms with Crippen LogP contribution in [0.3, 0.4) is 0 Å². The number of carbonyl (C=O) groups excluding carboxylic acids is 2. The van der Waals surface area contributed by atoms with Crippen molar-refractivity contribution in [3.63, 3.8) is 0 Å². The van der Waals surface area contributed by atoms with Gasteiger partial charge >= 0.3 is 0 Å². The Hall–Kier alpha value is -4.14. The van der Waals surface area contributed by atoms with Crippen LogP contribution in [0.4, 0.5) is 0 Å². The summed E-state index contributed by atoms with van der Waals surface area (Å²) < 4.78 is 35.4. The van der Waals surface area contributed by atoms with Crippen LogP contribution in [0.2, 0.25) is 0 Å². The first-order chi connectivity index (χ1) is 29.2. The zero-order chi connectivity index (χ0) is 44.8. The van der Waals surface area contributed by atoms with E-state index in [-0.39, 0.29) is 76.7 Å². The molecule has 0 saturated carbocycles. The van der Waals surface area contributed by atoms with E-state index in [4.69, 9.17) is 28.4 Å². The summed E-state index contributed by atoms with van der Waals surface area (Å²) in [6.45, 7) is 8.75. The number of methoxy groups -OCH3 is 2. The fourth-order valence-electron chi connectivity index (χ4n) is 8.32. The van der Waals surface area contributed by atoms with Crippen molar-refractivity contribution in [2.75, 3.05) is 69.1 Å². The second kappa shape index (κ2) is 20.8. The summed E-state index contributed by atoms with van der Waals surface area (Å²) in [7, 11) is 11.9. The number of likely N-dealkylation sites (N-methyl/N-ethyl adjacent to an activating group) is 2. The maximum absolute atomic E-state index is 13.3. The molecule has 4 aromatic rings. The monoisotopic (exact) mass is 1060 g/mol. The molecule has 4 aliphatic rings. The van der Waals surface area contributed by atoms with Gasteiger partial charge in [0.1, 0.15) is 23.3 Å². The molecule has 0 radical (unpaired) electrons. The highest BCUT2D eigenvalue weighted by Crippen LogP contribution is 2.53. The Labute approximate surface area is 410 Å². The number of hydrogen-bond acceptors (Lipinski definition) is 12. The summed E-state index contributed by atoms with van der Waals surface area (Å²) in [5.74, 6) is 15.7. The lowest BCUT2D eigenvalue weighted by molar-refractivity contribution is -0.922. The minimum Gasteiger partial charge on any atom is -1.00 e. The van der Waals surface area contributed by atoms with E-state index in [9.17, 15) is 19.8 Å². The highest BCUT2D eigenvalue weighted by atomic mass is 79.9. The molecular weight excluding hydrogens is 1000 g/mol. The molecule has 2 aromatic carbocycles. The highest BCUT2D eigenvalue weighted by molar-refractivity contribution is 7.14. The predicted molar refractivity (Wildman–Crippen MR) is 242 cm³/mol. The molecule has 4 N–H and O–H groups in total. The quantitative estimate of drug-likeness (QED) is 0.143. The lowest BCUT2D eigenvalue weighted by Crippen LogP contribution is -3.00. The van der Waals surface area contributed by atoms with Crippen LogP contribution in [-0.4, -0.2) is 117 Å². The largest absolute Gasteiger partial charge is 1.00 e. The number of carbonyl (C=O) groups is 2. The van der Waals surface area contributed by atoms with Gasteiger partial charge in [-0.3, -0.25) is 9.59 Å². The molecule has 17 heteroatoms. The third-order valence-electron chi connectivity index (χ3n) is 11.7. The smallest absolute Gasteiger partial charge is 0.231 e. The molecule has 0 fully saturated rings. The number of ether oxygens (including phenoxy) is 6. The normalized spacial score (nSPS) is 17.8. The minimum absolute atomic E-state index is 0. The van der Waals surface area contributed by atoms with Gasteiger partial charge in [0, 0.05) is 12.8 Å². The number of aliphatic hydroxyl groups is 2. The van der Waals surface area contributed by atoms with Gasteiger partial charge in [-0.15, -0.1) is 22.7 Å². The summed E-state index contributed by atoms with van der Waals surface area (Å²) in [4.78, 5) is 29.4. The Bertz CT molecular complexity index is 2360. The third kappa shape index (κ3) is 11.9. The van der Waals surface area contributed by atoms with Crippen molar-refractivity contribution in [3.05, 3.63) is 78.2 Å². The molecule has 0 bridgehead atoms. The van der Waals surface area contributed by atoms with Crippen LogP contribution in [0.15, 0.2) is 36.4 Å². The lowest BCUT2D eigenvalue weighted by Gasteiger charge is -2.43. The van der Waals surface area contributed by atoms with Crippen LogP contribution in [0, 0.1) is 23.7 Å². The summed E-state index contributed by atoms with van der Waals surface area (Å²) in [6, 6.07) is 11.3. The molecule has 6 heterocycles. The SMILES string of the molecule is COc1c2c(cc3c1C(CC(=O)c1ccc(C#CC(C)(C)O)s1)[N+](C)(C)CC3)OCO2.COc1c2c(cc3c1C(CC(=O)c1ccc(C#CC(C)(C)O)s1)[N+](C)(C)CC3)OCO2.O.[Br-].[Br-]. The van der Waals surface area contributed by atoms with Crippen molar-refractivity contribution in [2.24, 2.45) is 0 Å². The number of nitrogens with zero attached hydrogens (tertiary/aromatic N) is 2. The first kappa shape index (κ1) is 53.5. The highest BCUT2D eigenvalue weighted by Gasteiger charge is 2.44. The van der Waals surface area contributed by atoms with Crippen LogP contribution >= 0.6 is 22.7 Å². The van der Waals surface area contributed by atoms with Gasteiger partial charge in [-0.25, -0.2) is 0 Å². The van der Waals surface area contributed by atoms with Gasteiger partial charge in [0.25, 0.3) is 0 Å². The van der Waals surface area contributed by atoms with Crippen LogP contribution in [0.25, 0.3) is 0 Å². The van der Waals surface area contributed by atoms with Gasteiger partial charge in [0.05, 0.1) is 99.0 Å². The van der Waals surface area contributed by atoms with E-state index in [2.05, 4.69) is 51.9 Å². The summed E-state index contributed by atoms with van der Waals surface area (Å²) in [6.07, 6.45) is 2.48. The van der Waals surface area contributed by atoms with Crippen molar-refractivity contribution < 1.29 is 96.6 Å². The Balaban J connectivity index is 0.000000272. The molecule has 8 rings (SSSR count). The van der Waals surface area contributed by atoms with Crippen LogP contribution in [0.1, 0.15) is 104 Å². The van der Waals surface area contributed by atoms with Gasteiger partial charge in [0.2, 0.25) is 25.1 Å². The minimum atomic E-state index is -1.07. The van der Waals surface area contributed by atoms with Gasteiger partial charge in [-0.05, 0) is 75.2 Å². The Morgan fingerprint density at radius 2 is 1.05 bits per heavy atom. The molecule has 4 aliphatic heterocycles. The van der Waals surface area contributed by atoms with Gasteiger partial charge in [-0.2, -0.15) is 0 Å². The zero-order valence-corrected chi connectivity index (χ0v) is 43.2. The van der Waals surface area contributed by atoms with E-state index in [0.29, 0.717) is 66.1 Å². The topological polar surface area (TPSA) is 161 Å². The number of ketones is 2. The molecular formula is C48H58Br2N2O11S2. The number of halogens is 2. The fourth-order valence-corrected chi connectivity index (χ4v) is 9.94. The number of thiophene rings is 2. The van der Waals surface area contributed by atoms with E-state index < -0.39 is 11.2 Å². The van der Waals surface area contributed by atoms with E-state index >= 15 is 0 Å². The van der Waals surface area contributed by atoms with E-state index in [1.54, 1.807) is 41.9 Å². The molecule has 0 saturated heterocycles. The molecule has 2 unspecified atom stereocenters. The number of quaternary nitrogens is 2. The Morgan fingerprint density at radius 1 is 0.677 bits per heavy atom. The number of fused-ring (bicyclic) bond motifs is 4. The van der Waals surface area contributed by atoms with Crippen molar-refractivity contribution in [1.82, 2.24) is 0 Å². The molecule has 65 heavy (non-hydrogen) atoms. The van der Waals surface area contributed by atoms with E-state index in [0.717, 1.165) is 57.9 Å². The maximum atomic E-state index is 13.3. The first-order valence-electron chi connectivity index (χ1n) is 20.6. The lowest BCUT2D eigenvalue weighted by atomic mass is 9.86. The van der Waals surface area contributed by atoms with Crippen LogP contribution in [-0.2, 0) is 12.8 Å². The average Bonchev–Trinajstić information content (AvgIpc) is 4.04. The molecule has 13 nitrogen and oxygen atoms in total. The standard InChI is InChI=1S/2C24H28NO5S.2BrH.H2O/c2*1-24(2,27)10-8-16-6-7-20(31-16)18(26)13-17-21-15(9-11-25(17,3)4)12-19-22(23(21)28-5)30-14-29-19;;;/h2*6-7,12,17,27H,9,11,13-14H2,1-5H3;2*1H;1H2/q2*+1;;;/p-2. The van der Waals surface area contributed by atoms with Crippen LogP contribution < -0.4 is 62.4 Å². The molecule has 352 valence electrons. The Kier molecular flexibility index (Phi) is 17.1. The molecule has 2 aromatic heterocycles. The molecule has 0 amide bonds. The second-order valence-corrected chi connectivity index (χ2v) is 20.3. The van der Waals surface area contributed by atoms with Crippen molar-refractivity contribution in [1.29, 1.82) is 0 Å². The average molecular weight is 1060 g/mol. The number of Topliss-reactive ketones (excluding diaryl/α,β-unsaturated/α-hetero) is 2. The first-order valence-corrected chi connectivity index (χ1v) is 22.2. The van der Waals surface area contributed by atoms with E-state index in [1.165, 1.54) is 22.7 Å². The summed E-state index contributed by atoms with van der Waals surface area (Å²) in [5.41, 5.74) is 2.25. The zero-order valence-electron chi connectivity index (χ0n) is 38.4. The fraction of sp³-hybridized carbons (Fsp3) is 0.458. The molecule has 0 spiro atoms. The molecule has 0 aliphatic carbocycles. The maximum Gasteiger partial charge on any atom is 0.231 e. The predicted octanol–water partition coefficient (Wildman–Crippen LogP) is 0.292. The Morgan fingerprint density at radius 3 is 1.38 bits per heavy atom. The van der Waals surface area contributed by atoms with E-state index in [1.807, 2.05) is 36.4 Å². The van der Waals surface area contributed by atoms with Crippen molar-refractivity contribution >= 4 is 34.2 Å². The second-order valence-electron chi connectivity index (χ2n) is 18.2.